The second kappa shape index (κ2) is 5.09. The average Bonchev–Trinajstić information content (AvgIpc) is 2.69. The van der Waals surface area contributed by atoms with Crippen LogP contribution in [0.3, 0.4) is 0 Å². The van der Waals surface area contributed by atoms with Gasteiger partial charge >= 0.3 is 0 Å². The van der Waals surface area contributed by atoms with Crippen LogP contribution in [0, 0.1) is 6.92 Å². The molecule has 0 fully saturated rings. The predicted molar refractivity (Wildman–Crippen MR) is 62.3 cm³/mol. The number of nitrogens with zero attached hydrogens (tertiary/aromatic N) is 1. The Labute approximate surface area is 94.6 Å². The summed E-state index contributed by atoms with van der Waals surface area (Å²) in [5.41, 5.74) is 2.92. The van der Waals surface area contributed by atoms with E-state index in [1.54, 1.807) is 7.11 Å². The normalized spacial score (nSPS) is 11.1. The van der Waals surface area contributed by atoms with Crippen LogP contribution in [0.4, 0.5) is 0 Å². The maximum Gasteiger partial charge on any atom is 0.209 e. The number of aromatic nitrogens is 1. The minimum atomic E-state index is 0.636. The Hall–Kier alpha value is -1.39. The summed E-state index contributed by atoms with van der Waals surface area (Å²) in [7, 11) is 1.68. The van der Waals surface area contributed by atoms with Gasteiger partial charge in [0.1, 0.15) is 5.52 Å². The smallest absolute Gasteiger partial charge is 0.209 e. The molecular formula is C12H16N2O2. The van der Waals surface area contributed by atoms with Crippen molar-refractivity contribution < 1.29 is 9.15 Å². The summed E-state index contributed by atoms with van der Waals surface area (Å²) in [6, 6.07) is 5.97. The van der Waals surface area contributed by atoms with Gasteiger partial charge in [-0.3, -0.25) is 0 Å². The summed E-state index contributed by atoms with van der Waals surface area (Å²) >= 11 is 0. The lowest BCUT2D eigenvalue weighted by Crippen LogP contribution is -2.18. The van der Waals surface area contributed by atoms with Crippen molar-refractivity contribution in [3.8, 4) is 0 Å². The van der Waals surface area contributed by atoms with Crippen LogP contribution in [-0.4, -0.2) is 25.2 Å². The van der Waals surface area contributed by atoms with E-state index >= 15 is 0 Å². The van der Waals surface area contributed by atoms with Crippen molar-refractivity contribution in [2.75, 3.05) is 20.3 Å². The lowest BCUT2D eigenvalue weighted by Gasteiger charge is -1.99. The molecule has 4 nitrogen and oxygen atoms in total. The van der Waals surface area contributed by atoms with Crippen molar-refractivity contribution in [2.45, 2.75) is 13.5 Å². The monoisotopic (exact) mass is 220 g/mol. The second-order valence-corrected chi connectivity index (χ2v) is 3.70. The number of rotatable bonds is 5. The Morgan fingerprint density at radius 1 is 1.44 bits per heavy atom. The molecule has 2 rings (SSSR count). The van der Waals surface area contributed by atoms with Crippen LogP contribution < -0.4 is 5.32 Å². The molecule has 0 aliphatic carbocycles. The van der Waals surface area contributed by atoms with Gasteiger partial charge < -0.3 is 14.5 Å². The van der Waals surface area contributed by atoms with Gasteiger partial charge in [0.25, 0.3) is 0 Å². The molecule has 4 heteroatoms. The van der Waals surface area contributed by atoms with E-state index in [2.05, 4.69) is 10.3 Å². The van der Waals surface area contributed by atoms with Crippen molar-refractivity contribution in [2.24, 2.45) is 0 Å². The highest BCUT2D eigenvalue weighted by Crippen LogP contribution is 2.18. The van der Waals surface area contributed by atoms with Crippen molar-refractivity contribution in [3.63, 3.8) is 0 Å². The van der Waals surface area contributed by atoms with Crippen LogP contribution in [0.5, 0.6) is 0 Å². The molecule has 0 saturated heterocycles. The van der Waals surface area contributed by atoms with Crippen molar-refractivity contribution in [1.82, 2.24) is 10.3 Å². The number of nitrogens with one attached hydrogen (secondary N) is 1. The first-order chi connectivity index (χ1) is 7.81. The predicted octanol–water partition coefficient (Wildman–Crippen LogP) is 1.87. The van der Waals surface area contributed by atoms with Gasteiger partial charge in [0.2, 0.25) is 5.89 Å². The summed E-state index contributed by atoms with van der Waals surface area (Å²) in [6.45, 7) is 4.15. The van der Waals surface area contributed by atoms with Gasteiger partial charge in [-0.2, -0.15) is 0 Å². The standard InChI is InChI=1S/C12H16N2O2/c1-9-4-3-5-10-12(9)16-11(14-10)8-13-6-7-15-2/h3-5,13H,6-8H2,1-2H3. The topological polar surface area (TPSA) is 47.3 Å². The van der Waals surface area contributed by atoms with E-state index in [0.717, 1.165) is 29.1 Å². The quantitative estimate of drug-likeness (QED) is 0.781. The van der Waals surface area contributed by atoms with Crippen LogP contribution >= 0.6 is 0 Å². The number of fused-ring (bicyclic) bond motifs is 1. The van der Waals surface area contributed by atoms with Gasteiger partial charge in [0.05, 0.1) is 13.2 Å². The van der Waals surface area contributed by atoms with Gasteiger partial charge in [0.15, 0.2) is 5.58 Å². The van der Waals surface area contributed by atoms with E-state index in [-0.39, 0.29) is 0 Å². The number of hydrogen-bond donors (Lipinski definition) is 1. The highest BCUT2D eigenvalue weighted by molar-refractivity contribution is 5.75. The zero-order valence-corrected chi connectivity index (χ0v) is 9.62. The average molecular weight is 220 g/mol. The van der Waals surface area contributed by atoms with E-state index in [4.69, 9.17) is 9.15 Å². The summed E-state index contributed by atoms with van der Waals surface area (Å²) in [5, 5.41) is 3.20. The molecular weight excluding hydrogens is 204 g/mol. The first kappa shape index (κ1) is 11.1. The molecule has 1 aromatic heterocycles. The maximum atomic E-state index is 5.66. The summed E-state index contributed by atoms with van der Waals surface area (Å²) < 4.78 is 10.6. The fourth-order valence-corrected chi connectivity index (χ4v) is 1.58. The van der Waals surface area contributed by atoms with E-state index < -0.39 is 0 Å². The number of benzene rings is 1. The van der Waals surface area contributed by atoms with Crippen molar-refractivity contribution in [1.29, 1.82) is 0 Å². The summed E-state index contributed by atoms with van der Waals surface area (Å²) in [5.74, 6) is 0.723. The third kappa shape index (κ3) is 2.40. The molecule has 16 heavy (non-hydrogen) atoms. The van der Waals surface area contributed by atoms with Gasteiger partial charge in [-0.15, -0.1) is 0 Å². The first-order valence-corrected chi connectivity index (χ1v) is 5.36. The molecule has 1 heterocycles. The third-order valence-corrected chi connectivity index (χ3v) is 2.42. The van der Waals surface area contributed by atoms with Crippen LogP contribution in [0.15, 0.2) is 22.6 Å². The number of oxazole rings is 1. The minimum absolute atomic E-state index is 0.636. The molecule has 2 aromatic rings. The second-order valence-electron chi connectivity index (χ2n) is 3.70. The number of methoxy groups -OCH3 is 1. The molecule has 1 aromatic carbocycles. The Morgan fingerprint density at radius 3 is 3.06 bits per heavy atom. The number of ether oxygens (including phenoxy) is 1. The van der Waals surface area contributed by atoms with Gasteiger partial charge in [-0.25, -0.2) is 4.98 Å². The lowest BCUT2D eigenvalue weighted by atomic mass is 10.2. The fraction of sp³-hybridized carbons (Fsp3) is 0.417. The van der Waals surface area contributed by atoms with Gasteiger partial charge in [-0.1, -0.05) is 12.1 Å². The Bertz CT molecular complexity index is 465. The van der Waals surface area contributed by atoms with E-state index in [1.165, 1.54) is 0 Å². The molecule has 0 spiro atoms. The van der Waals surface area contributed by atoms with Gasteiger partial charge in [-0.05, 0) is 18.6 Å². The Kier molecular flexibility index (Phi) is 3.54. The van der Waals surface area contributed by atoms with Crippen molar-refractivity contribution in [3.05, 3.63) is 29.7 Å². The van der Waals surface area contributed by atoms with Crippen LogP contribution in [-0.2, 0) is 11.3 Å². The Morgan fingerprint density at radius 2 is 2.31 bits per heavy atom. The van der Waals surface area contributed by atoms with Crippen LogP contribution in [0.2, 0.25) is 0 Å². The van der Waals surface area contributed by atoms with E-state index in [0.29, 0.717) is 13.2 Å². The van der Waals surface area contributed by atoms with E-state index in [9.17, 15) is 0 Å². The van der Waals surface area contributed by atoms with Crippen LogP contribution in [0.25, 0.3) is 11.1 Å². The molecule has 0 bridgehead atoms. The van der Waals surface area contributed by atoms with Gasteiger partial charge in [0, 0.05) is 13.7 Å². The molecule has 0 aliphatic heterocycles. The van der Waals surface area contributed by atoms with E-state index in [1.807, 2.05) is 25.1 Å². The number of para-hydroxylation sites is 1. The summed E-state index contributed by atoms with van der Waals surface area (Å²) in [4.78, 5) is 4.40. The highest BCUT2D eigenvalue weighted by Gasteiger charge is 2.06. The molecule has 0 amide bonds. The highest BCUT2D eigenvalue weighted by atomic mass is 16.5. The van der Waals surface area contributed by atoms with Crippen LogP contribution in [0.1, 0.15) is 11.5 Å². The first-order valence-electron chi connectivity index (χ1n) is 5.36. The molecule has 0 unspecified atom stereocenters. The zero-order chi connectivity index (χ0) is 11.4. The number of aryl methyl sites for hydroxylation is 1. The maximum absolute atomic E-state index is 5.66. The molecule has 86 valence electrons. The molecule has 0 radical (unpaired) electrons. The molecule has 1 N–H and O–H groups in total. The third-order valence-electron chi connectivity index (χ3n) is 2.42. The minimum Gasteiger partial charge on any atom is -0.439 e. The fourth-order valence-electron chi connectivity index (χ4n) is 1.58. The largest absolute Gasteiger partial charge is 0.439 e. The Balaban J connectivity index is 2.05. The SMILES string of the molecule is COCCNCc1nc2cccc(C)c2o1. The molecule has 0 atom stereocenters. The summed E-state index contributed by atoms with van der Waals surface area (Å²) in [6.07, 6.45) is 0. The number of hydrogen-bond acceptors (Lipinski definition) is 4. The van der Waals surface area contributed by atoms with Crippen molar-refractivity contribution >= 4 is 11.1 Å². The molecule has 0 aliphatic rings. The lowest BCUT2D eigenvalue weighted by molar-refractivity contribution is 0.198. The molecule has 0 saturated carbocycles. The zero-order valence-electron chi connectivity index (χ0n) is 9.62.